The van der Waals surface area contributed by atoms with Crippen molar-refractivity contribution >= 4 is 17.2 Å². The number of aromatic hydroxyl groups is 1. The van der Waals surface area contributed by atoms with Crippen LogP contribution in [0.2, 0.25) is 0 Å². The number of anilines is 2. The van der Waals surface area contributed by atoms with Crippen LogP contribution in [0.25, 0.3) is 0 Å². The van der Waals surface area contributed by atoms with Gasteiger partial charge in [0, 0.05) is 30.8 Å². The summed E-state index contributed by atoms with van der Waals surface area (Å²) in [5.74, 6) is 1.39. The zero-order chi connectivity index (χ0) is 17.3. The van der Waals surface area contributed by atoms with Crippen molar-refractivity contribution in [3.8, 4) is 23.0 Å². The first kappa shape index (κ1) is 16.0. The minimum absolute atomic E-state index is 0.0146. The number of methoxy groups -OCH3 is 3. The van der Waals surface area contributed by atoms with Gasteiger partial charge in [-0.05, 0) is 12.1 Å². The van der Waals surface area contributed by atoms with Crippen LogP contribution < -0.4 is 19.1 Å². The third kappa shape index (κ3) is 2.50. The van der Waals surface area contributed by atoms with Crippen LogP contribution in [0.4, 0.5) is 11.4 Å². The van der Waals surface area contributed by atoms with Crippen LogP contribution in [0.1, 0.15) is 16.8 Å². The summed E-state index contributed by atoms with van der Waals surface area (Å²) in [6.07, 6.45) is 0.342. The highest BCUT2D eigenvalue weighted by Crippen LogP contribution is 2.48. The van der Waals surface area contributed by atoms with Crippen molar-refractivity contribution in [3.05, 3.63) is 35.9 Å². The SMILES string of the molecule is COc1cc2c(c(OC)c1OC)C(=O)CCN2c1cccc(O)c1. The topological polar surface area (TPSA) is 68.2 Å². The molecule has 0 radical (unpaired) electrons. The first-order chi connectivity index (χ1) is 11.6. The number of nitrogens with zero attached hydrogens (tertiary/aromatic N) is 1. The maximum absolute atomic E-state index is 12.5. The Morgan fingerprint density at radius 2 is 1.79 bits per heavy atom. The highest BCUT2D eigenvalue weighted by Gasteiger charge is 2.32. The summed E-state index contributed by atoms with van der Waals surface area (Å²) in [5.41, 5.74) is 1.93. The molecule has 0 unspecified atom stereocenters. The molecule has 1 aliphatic heterocycles. The number of phenols is 1. The van der Waals surface area contributed by atoms with Crippen molar-refractivity contribution in [1.82, 2.24) is 0 Å². The van der Waals surface area contributed by atoms with Gasteiger partial charge < -0.3 is 24.2 Å². The number of ether oxygens (including phenoxy) is 3. The molecule has 0 fully saturated rings. The lowest BCUT2D eigenvalue weighted by molar-refractivity contribution is 0.0977. The molecule has 0 bridgehead atoms. The zero-order valence-corrected chi connectivity index (χ0v) is 13.8. The number of fused-ring (bicyclic) bond motifs is 1. The monoisotopic (exact) mass is 329 g/mol. The average molecular weight is 329 g/mol. The number of carbonyl (C=O) groups is 1. The molecule has 0 atom stereocenters. The van der Waals surface area contributed by atoms with Gasteiger partial charge in [-0.2, -0.15) is 0 Å². The van der Waals surface area contributed by atoms with Crippen molar-refractivity contribution < 1.29 is 24.1 Å². The van der Waals surface area contributed by atoms with E-state index >= 15 is 0 Å². The van der Waals surface area contributed by atoms with Gasteiger partial charge in [0.05, 0.1) is 32.6 Å². The Balaban J connectivity index is 2.25. The lowest BCUT2D eigenvalue weighted by Gasteiger charge is -2.32. The molecule has 126 valence electrons. The maximum Gasteiger partial charge on any atom is 0.204 e. The van der Waals surface area contributed by atoms with E-state index in [9.17, 15) is 9.90 Å². The number of hydrogen-bond acceptors (Lipinski definition) is 6. The van der Waals surface area contributed by atoms with E-state index in [0.717, 1.165) is 5.69 Å². The van der Waals surface area contributed by atoms with Gasteiger partial charge in [0.1, 0.15) is 5.75 Å². The quantitative estimate of drug-likeness (QED) is 0.929. The second kappa shape index (κ2) is 6.31. The number of ketones is 1. The van der Waals surface area contributed by atoms with Crippen LogP contribution >= 0.6 is 0 Å². The number of rotatable bonds is 4. The summed E-state index contributed by atoms with van der Waals surface area (Å²) in [6, 6.07) is 8.66. The molecule has 1 aliphatic rings. The summed E-state index contributed by atoms with van der Waals surface area (Å²) >= 11 is 0. The Morgan fingerprint density at radius 1 is 1.04 bits per heavy atom. The van der Waals surface area contributed by atoms with Gasteiger partial charge in [0.2, 0.25) is 5.75 Å². The fourth-order valence-corrected chi connectivity index (χ4v) is 3.01. The van der Waals surface area contributed by atoms with Gasteiger partial charge in [-0.3, -0.25) is 4.79 Å². The van der Waals surface area contributed by atoms with Gasteiger partial charge in [0.15, 0.2) is 17.3 Å². The minimum Gasteiger partial charge on any atom is -0.508 e. The van der Waals surface area contributed by atoms with E-state index in [1.807, 2.05) is 11.0 Å². The molecule has 2 aromatic rings. The molecular formula is C18H19NO5. The third-order valence-corrected chi connectivity index (χ3v) is 4.08. The highest BCUT2D eigenvalue weighted by atomic mass is 16.5. The normalized spacial score (nSPS) is 13.5. The van der Waals surface area contributed by atoms with E-state index in [1.54, 1.807) is 24.3 Å². The summed E-state index contributed by atoms with van der Waals surface area (Å²) in [7, 11) is 4.54. The number of benzene rings is 2. The van der Waals surface area contributed by atoms with Crippen LogP contribution in [0.3, 0.4) is 0 Å². The number of phenolic OH excluding ortho intramolecular Hbond substituents is 1. The van der Waals surface area contributed by atoms with Crippen LogP contribution in [-0.2, 0) is 0 Å². The highest BCUT2D eigenvalue weighted by molar-refractivity contribution is 6.08. The van der Waals surface area contributed by atoms with Crippen molar-refractivity contribution in [1.29, 1.82) is 0 Å². The Kier molecular flexibility index (Phi) is 4.20. The predicted molar refractivity (Wildman–Crippen MR) is 90.2 cm³/mol. The zero-order valence-electron chi connectivity index (χ0n) is 13.8. The molecule has 2 aromatic carbocycles. The molecular weight excluding hydrogens is 310 g/mol. The second-order valence-corrected chi connectivity index (χ2v) is 5.38. The molecule has 0 amide bonds. The summed E-state index contributed by atoms with van der Waals surface area (Å²) in [6.45, 7) is 0.508. The third-order valence-electron chi connectivity index (χ3n) is 4.08. The van der Waals surface area contributed by atoms with Crippen LogP contribution in [0.5, 0.6) is 23.0 Å². The van der Waals surface area contributed by atoms with Gasteiger partial charge in [0.25, 0.3) is 0 Å². The molecule has 0 saturated heterocycles. The first-order valence-electron chi connectivity index (χ1n) is 7.53. The Hall–Kier alpha value is -2.89. The molecule has 3 rings (SSSR count). The summed E-state index contributed by atoms with van der Waals surface area (Å²) < 4.78 is 16.2. The van der Waals surface area contributed by atoms with E-state index in [0.29, 0.717) is 41.5 Å². The van der Waals surface area contributed by atoms with Crippen molar-refractivity contribution in [2.24, 2.45) is 0 Å². The smallest absolute Gasteiger partial charge is 0.204 e. The van der Waals surface area contributed by atoms with E-state index < -0.39 is 0 Å². The van der Waals surface area contributed by atoms with Crippen LogP contribution in [-0.4, -0.2) is 38.8 Å². The molecule has 6 heteroatoms. The lowest BCUT2D eigenvalue weighted by Crippen LogP contribution is -2.28. The van der Waals surface area contributed by atoms with Crippen molar-refractivity contribution in [2.45, 2.75) is 6.42 Å². The van der Waals surface area contributed by atoms with E-state index in [4.69, 9.17) is 14.2 Å². The van der Waals surface area contributed by atoms with E-state index in [1.165, 1.54) is 21.3 Å². The number of carbonyl (C=O) groups excluding carboxylic acids is 1. The molecule has 1 heterocycles. The Labute approximate surface area is 140 Å². The fraction of sp³-hybridized carbons (Fsp3) is 0.278. The van der Waals surface area contributed by atoms with Crippen LogP contribution in [0.15, 0.2) is 30.3 Å². The maximum atomic E-state index is 12.5. The lowest BCUT2D eigenvalue weighted by atomic mass is 9.97. The largest absolute Gasteiger partial charge is 0.508 e. The molecule has 0 aliphatic carbocycles. The molecule has 0 aromatic heterocycles. The van der Waals surface area contributed by atoms with Crippen molar-refractivity contribution in [2.75, 3.05) is 32.8 Å². The fourth-order valence-electron chi connectivity index (χ4n) is 3.01. The molecule has 0 spiro atoms. The van der Waals surface area contributed by atoms with Crippen LogP contribution in [0, 0.1) is 0 Å². The van der Waals surface area contributed by atoms with E-state index in [-0.39, 0.29) is 11.5 Å². The van der Waals surface area contributed by atoms with E-state index in [2.05, 4.69) is 0 Å². The first-order valence-corrected chi connectivity index (χ1v) is 7.53. The van der Waals surface area contributed by atoms with Gasteiger partial charge >= 0.3 is 0 Å². The molecule has 24 heavy (non-hydrogen) atoms. The van der Waals surface area contributed by atoms with Gasteiger partial charge in [-0.15, -0.1) is 0 Å². The molecule has 6 nitrogen and oxygen atoms in total. The molecule has 0 saturated carbocycles. The minimum atomic E-state index is -0.0146. The van der Waals surface area contributed by atoms with Gasteiger partial charge in [-0.1, -0.05) is 6.07 Å². The average Bonchev–Trinajstić information content (AvgIpc) is 2.60. The summed E-state index contributed by atoms with van der Waals surface area (Å²) in [5, 5.41) is 9.76. The number of Topliss-reactive ketones (excluding diaryl/α,β-unsaturated/α-hetero) is 1. The molecule has 1 N–H and O–H groups in total. The summed E-state index contributed by atoms with van der Waals surface area (Å²) in [4.78, 5) is 14.5. The predicted octanol–water partition coefficient (Wildman–Crippen LogP) is 3.14. The van der Waals surface area contributed by atoms with Crippen molar-refractivity contribution in [3.63, 3.8) is 0 Å². The van der Waals surface area contributed by atoms with Gasteiger partial charge in [-0.25, -0.2) is 0 Å². The Bertz CT molecular complexity index is 787. The number of hydrogen-bond donors (Lipinski definition) is 1. The standard InChI is InChI=1S/C18H19NO5/c1-22-15-10-13-16(18(24-3)17(15)23-2)14(21)7-8-19(13)11-5-4-6-12(20)9-11/h4-6,9-10,20H,7-8H2,1-3H3. The second-order valence-electron chi connectivity index (χ2n) is 5.38. The Morgan fingerprint density at radius 3 is 2.42 bits per heavy atom.